The van der Waals surface area contributed by atoms with Crippen molar-refractivity contribution in [2.75, 3.05) is 52.9 Å². The Kier molecular flexibility index (Phi) is 5.98. The molecule has 1 saturated carbocycles. The van der Waals surface area contributed by atoms with Gasteiger partial charge < -0.3 is 15.1 Å². The molecule has 2 saturated heterocycles. The lowest BCUT2D eigenvalue weighted by Gasteiger charge is -2.36. The number of hydrogen-bond donors (Lipinski definition) is 1. The highest BCUT2D eigenvalue weighted by atomic mass is 16.2. The molecule has 0 aromatic rings. The number of carbonyl (C=O) groups excluding carboxylic acids is 1. The van der Waals surface area contributed by atoms with E-state index in [1.54, 1.807) is 0 Å². The third-order valence-corrected chi connectivity index (χ3v) is 5.60. The second-order valence-electron chi connectivity index (χ2n) is 7.43. The van der Waals surface area contributed by atoms with Gasteiger partial charge in [0.15, 0.2) is 5.96 Å². The summed E-state index contributed by atoms with van der Waals surface area (Å²) in [7, 11) is 1.88. The van der Waals surface area contributed by atoms with Gasteiger partial charge in [0.05, 0.1) is 6.54 Å². The number of rotatable bonds is 5. The van der Waals surface area contributed by atoms with Crippen molar-refractivity contribution >= 4 is 11.9 Å². The molecule has 3 aliphatic rings. The zero-order valence-electron chi connectivity index (χ0n) is 15.3. The molecule has 3 rings (SSSR count). The molecule has 0 bridgehead atoms. The molecule has 2 aliphatic heterocycles. The van der Waals surface area contributed by atoms with E-state index in [4.69, 9.17) is 0 Å². The predicted octanol–water partition coefficient (Wildman–Crippen LogP) is 0.990. The molecule has 1 amide bonds. The highest BCUT2D eigenvalue weighted by Crippen LogP contribution is 2.34. The minimum Gasteiger partial charge on any atom is -0.353 e. The van der Waals surface area contributed by atoms with E-state index in [9.17, 15) is 4.79 Å². The normalized spacial score (nSPS) is 28.3. The first-order valence-corrected chi connectivity index (χ1v) is 9.69. The van der Waals surface area contributed by atoms with Crippen molar-refractivity contribution in [3.8, 4) is 0 Å². The average molecular weight is 335 g/mol. The van der Waals surface area contributed by atoms with Crippen LogP contribution >= 0.6 is 0 Å². The van der Waals surface area contributed by atoms with Crippen molar-refractivity contribution < 1.29 is 4.79 Å². The lowest BCUT2D eigenvalue weighted by molar-refractivity contribution is -0.131. The van der Waals surface area contributed by atoms with Crippen LogP contribution in [0.2, 0.25) is 0 Å². The molecule has 0 radical (unpaired) electrons. The summed E-state index contributed by atoms with van der Waals surface area (Å²) in [5.74, 6) is 2.19. The van der Waals surface area contributed by atoms with Gasteiger partial charge in [0.25, 0.3) is 0 Å². The number of aliphatic imine (C=N–C) groups is 1. The van der Waals surface area contributed by atoms with Gasteiger partial charge in [-0.15, -0.1) is 0 Å². The predicted molar refractivity (Wildman–Crippen MR) is 97.1 cm³/mol. The van der Waals surface area contributed by atoms with Crippen LogP contribution in [0.3, 0.4) is 0 Å². The number of likely N-dealkylation sites (tertiary alicyclic amines) is 1. The van der Waals surface area contributed by atoms with Crippen LogP contribution in [-0.2, 0) is 4.79 Å². The number of hydrogen-bond acceptors (Lipinski definition) is 3. The maximum atomic E-state index is 12.3. The number of amides is 1. The van der Waals surface area contributed by atoms with E-state index in [0.717, 1.165) is 51.1 Å². The van der Waals surface area contributed by atoms with Gasteiger partial charge in [0.1, 0.15) is 0 Å². The van der Waals surface area contributed by atoms with E-state index in [1.807, 2.05) is 11.9 Å². The monoisotopic (exact) mass is 335 g/mol. The second-order valence-corrected chi connectivity index (χ2v) is 7.43. The first-order chi connectivity index (χ1) is 11.7. The number of carbonyl (C=O) groups is 1. The Labute approximate surface area is 146 Å². The van der Waals surface area contributed by atoms with Crippen LogP contribution < -0.4 is 5.32 Å². The molecule has 136 valence electrons. The largest absolute Gasteiger partial charge is 0.353 e. The smallest absolute Gasteiger partial charge is 0.236 e. The van der Waals surface area contributed by atoms with Gasteiger partial charge in [-0.1, -0.05) is 13.3 Å². The summed E-state index contributed by atoms with van der Waals surface area (Å²) in [6.45, 7) is 8.56. The molecular formula is C18H33N5O. The molecule has 1 N–H and O–H groups in total. The van der Waals surface area contributed by atoms with E-state index in [2.05, 4.69) is 27.0 Å². The van der Waals surface area contributed by atoms with E-state index in [0.29, 0.717) is 18.5 Å². The summed E-state index contributed by atoms with van der Waals surface area (Å²) < 4.78 is 0. The van der Waals surface area contributed by atoms with E-state index < -0.39 is 0 Å². The lowest BCUT2D eigenvalue weighted by Crippen LogP contribution is -2.54. The summed E-state index contributed by atoms with van der Waals surface area (Å²) in [6, 6.07) is 0.624. The summed E-state index contributed by atoms with van der Waals surface area (Å²) in [5.41, 5.74) is 0. The standard InChI is InChI=1S/C18H33N5O/c1-3-6-15-13-16(15)20-18(19-2)23-11-9-21(10-12-23)14-17(24)22-7-4-5-8-22/h15-16H,3-14H2,1-2H3,(H,19,20). The van der Waals surface area contributed by atoms with Crippen LogP contribution in [0.5, 0.6) is 0 Å². The Balaban J connectivity index is 1.40. The lowest BCUT2D eigenvalue weighted by atomic mass is 10.2. The Bertz CT molecular complexity index is 452. The van der Waals surface area contributed by atoms with Crippen molar-refractivity contribution in [3.05, 3.63) is 0 Å². The zero-order chi connectivity index (χ0) is 16.9. The Morgan fingerprint density at radius 3 is 2.42 bits per heavy atom. The van der Waals surface area contributed by atoms with Crippen molar-refractivity contribution in [2.45, 2.75) is 45.1 Å². The molecule has 24 heavy (non-hydrogen) atoms. The molecule has 0 aromatic heterocycles. The Morgan fingerprint density at radius 1 is 1.08 bits per heavy atom. The number of piperazine rings is 1. The highest BCUT2D eigenvalue weighted by molar-refractivity contribution is 5.81. The van der Waals surface area contributed by atoms with Gasteiger partial charge in [0, 0.05) is 52.4 Å². The fourth-order valence-corrected chi connectivity index (χ4v) is 3.95. The summed E-state index contributed by atoms with van der Waals surface area (Å²) in [5, 5.41) is 3.63. The van der Waals surface area contributed by atoms with Crippen LogP contribution in [0, 0.1) is 5.92 Å². The molecule has 0 aromatic carbocycles. The molecule has 6 heteroatoms. The van der Waals surface area contributed by atoms with Crippen molar-refractivity contribution in [3.63, 3.8) is 0 Å². The minimum absolute atomic E-state index is 0.309. The fraction of sp³-hybridized carbons (Fsp3) is 0.889. The first-order valence-electron chi connectivity index (χ1n) is 9.69. The van der Waals surface area contributed by atoms with E-state index in [1.165, 1.54) is 32.1 Å². The third kappa shape index (κ3) is 4.41. The fourth-order valence-electron chi connectivity index (χ4n) is 3.95. The van der Waals surface area contributed by atoms with Gasteiger partial charge in [-0.25, -0.2) is 0 Å². The molecule has 2 atom stereocenters. The summed E-state index contributed by atoms with van der Waals surface area (Å²) in [4.78, 5) is 23.4. The Hall–Kier alpha value is -1.30. The van der Waals surface area contributed by atoms with Gasteiger partial charge in [-0.05, 0) is 31.6 Å². The third-order valence-electron chi connectivity index (χ3n) is 5.60. The number of nitrogens with one attached hydrogen (secondary N) is 1. The van der Waals surface area contributed by atoms with Crippen LogP contribution in [-0.4, -0.2) is 85.5 Å². The minimum atomic E-state index is 0.309. The zero-order valence-corrected chi connectivity index (χ0v) is 15.3. The maximum Gasteiger partial charge on any atom is 0.236 e. The Morgan fingerprint density at radius 2 is 1.79 bits per heavy atom. The van der Waals surface area contributed by atoms with Crippen molar-refractivity contribution in [1.82, 2.24) is 20.0 Å². The quantitative estimate of drug-likeness (QED) is 0.601. The maximum absolute atomic E-state index is 12.3. The molecule has 3 fully saturated rings. The van der Waals surface area contributed by atoms with E-state index in [-0.39, 0.29) is 0 Å². The molecule has 1 aliphatic carbocycles. The van der Waals surface area contributed by atoms with E-state index >= 15 is 0 Å². The molecule has 0 spiro atoms. The highest BCUT2D eigenvalue weighted by Gasteiger charge is 2.37. The first kappa shape index (κ1) is 17.5. The summed E-state index contributed by atoms with van der Waals surface area (Å²) in [6.07, 6.45) is 6.22. The van der Waals surface area contributed by atoms with Crippen LogP contribution in [0.4, 0.5) is 0 Å². The molecular weight excluding hydrogens is 302 g/mol. The van der Waals surface area contributed by atoms with Gasteiger partial charge >= 0.3 is 0 Å². The molecule has 2 heterocycles. The van der Waals surface area contributed by atoms with Gasteiger partial charge in [-0.3, -0.25) is 14.7 Å². The number of guanidine groups is 1. The second kappa shape index (κ2) is 8.19. The van der Waals surface area contributed by atoms with Gasteiger partial charge in [0.2, 0.25) is 5.91 Å². The molecule has 2 unspecified atom stereocenters. The number of nitrogens with zero attached hydrogens (tertiary/aromatic N) is 4. The molecule has 6 nitrogen and oxygen atoms in total. The van der Waals surface area contributed by atoms with Gasteiger partial charge in [-0.2, -0.15) is 0 Å². The van der Waals surface area contributed by atoms with Crippen LogP contribution in [0.1, 0.15) is 39.0 Å². The average Bonchev–Trinajstić information content (AvgIpc) is 3.10. The summed E-state index contributed by atoms with van der Waals surface area (Å²) >= 11 is 0. The van der Waals surface area contributed by atoms with Crippen molar-refractivity contribution in [1.29, 1.82) is 0 Å². The van der Waals surface area contributed by atoms with Crippen LogP contribution in [0.15, 0.2) is 4.99 Å². The SMILES string of the molecule is CCCC1CC1NC(=NC)N1CCN(CC(=O)N2CCCC2)CC1. The van der Waals surface area contributed by atoms with Crippen LogP contribution in [0.25, 0.3) is 0 Å². The topological polar surface area (TPSA) is 51.2 Å². The van der Waals surface area contributed by atoms with Crippen molar-refractivity contribution in [2.24, 2.45) is 10.9 Å².